The van der Waals surface area contributed by atoms with E-state index in [1.165, 1.54) is 20.3 Å². The summed E-state index contributed by atoms with van der Waals surface area (Å²) in [6.07, 6.45) is 1.21. The summed E-state index contributed by atoms with van der Waals surface area (Å²) in [6, 6.07) is 3.46. The molecule has 7 nitrogen and oxygen atoms in total. The van der Waals surface area contributed by atoms with Crippen LogP contribution >= 0.6 is 27.7 Å². The first-order valence-electron chi connectivity index (χ1n) is 7.63. The summed E-state index contributed by atoms with van der Waals surface area (Å²) in [5.74, 6) is -0.276. The average molecular weight is 444 g/mol. The van der Waals surface area contributed by atoms with E-state index < -0.39 is 23.7 Å². The summed E-state index contributed by atoms with van der Waals surface area (Å²) in [6.45, 7) is 2.97. The summed E-state index contributed by atoms with van der Waals surface area (Å²) >= 11 is 4.12. The topological polar surface area (TPSA) is 82.1 Å². The van der Waals surface area contributed by atoms with Crippen LogP contribution in [0, 0.1) is 0 Å². The molecule has 140 valence electrons. The van der Waals surface area contributed by atoms with E-state index in [2.05, 4.69) is 15.9 Å². The largest absolute Gasteiger partial charge is 0.493 e. The van der Waals surface area contributed by atoms with Gasteiger partial charge in [-0.05, 0) is 43.8 Å². The molecule has 0 saturated carbocycles. The number of thioether (sulfide) groups is 1. The van der Waals surface area contributed by atoms with Crippen LogP contribution in [-0.4, -0.2) is 48.9 Å². The van der Waals surface area contributed by atoms with Gasteiger partial charge in [0, 0.05) is 10.0 Å². The Balaban J connectivity index is 2.30. The SMILES string of the molecule is COc1cc(Br)cc(/C=C2/SC(=O)N(CC(=O)OC(C)C)C2=O)c1OC. The number of carbonyl (C=O) groups excluding carboxylic acids is 3. The van der Waals surface area contributed by atoms with Gasteiger partial charge in [-0.25, -0.2) is 0 Å². The van der Waals surface area contributed by atoms with Gasteiger partial charge in [-0.15, -0.1) is 0 Å². The molecule has 0 bridgehead atoms. The van der Waals surface area contributed by atoms with Gasteiger partial charge in [0.05, 0.1) is 25.2 Å². The molecule has 0 spiro atoms. The van der Waals surface area contributed by atoms with Crippen molar-refractivity contribution in [1.29, 1.82) is 0 Å². The summed E-state index contributed by atoms with van der Waals surface area (Å²) in [4.78, 5) is 37.4. The van der Waals surface area contributed by atoms with E-state index in [4.69, 9.17) is 14.2 Å². The second-order valence-corrected chi connectivity index (χ2v) is 7.45. The molecule has 1 saturated heterocycles. The van der Waals surface area contributed by atoms with Crippen molar-refractivity contribution in [3.8, 4) is 11.5 Å². The number of hydrogen-bond donors (Lipinski definition) is 0. The van der Waals surface area contributed by atoms with Gasteiger partial charge in [0.1, 0.15) is 6.54 Å². The van der Waals surface area contributed by atoms with E-state index in [-0.39, 0.29) is 11.0 Å². The van der Waals surface area contributed by atoms with Crippen LogP contribution in [0.15, 0.2) is 21.5 Å². The molecule has 26 heavy (non-hydrogen) atoms. The van der Waals surface area contributed by atoms with E-state index in [1.807, 2.05) is 0 Å². The quantitative estimate of drug-likeness (QED) is 0.491. The maximum Gasteiger partial charge on any atom is 0.326 e. The lowest BCUT2D eigenvalue weighted by Crippen LogP contribution is -2.35. The highest BCUT2D eigenvalue weighted by Crippen LogP contribution is 2.39. The van der Waals surface area contributed by atoms with Crippen molar-refractivity contribution in [2.75, 3.05) is 20.8 Å². The maximum absolute atomic E-state index is 12.5. The number of halogens is 1. The Morgan fingerprint density at radius 1 is 1.27 bits per heavy atom. The zero-order chi connectivity index (χ0) is 19.4. The lowest BCUT2D eigenvalue weighted by atomic mass is 10.1. The first kappa shape index (κ1) is 20.3. The van der Waals surface area contributed by atoms with E-state index in [1.54, 1.807) is 26.0 Å². The van der Waals surface area contributed by atoms with Crippen molar-refractivity contribution < 1.29 is 28.6 Å². The second kappa shape index (κ2) is 8.59. The van der Waals surface area contributed by atoms with Crippen molar-refractivity contribution in [3.05, 3.63) is 27.1 Å². The summed E-state index contributed by atoms with van der Waals surface area (Å²) in [5.41, 5.74) is 0.564. The average Bonchev–Trinajstić information content (AvgIpc) is 2.81. The number of amides is 2. The van der Waals surface area contributed by atoms with Crippen LogP contribution in [0.4, 0.5) is 4.79 Å². The number of carbonyl (C=O) groups is 3. The molecule has 2 amide bonds. The number of benzene rings is 1. The van der Waals surface area contributed by atoms with Crippen LogP contribution in [0.3, 0.4) is 0 Å². The summed E-state index contributed by atoms with van der Waals surface area (Å²) in [7, 11) is 2.99. The van der Waals surface area contributed by atoms with Crippen molar-refractivity contribution in [2.45, 2.75) is 20.0 Å². The molecule has 1 heterocycles. The fourth-order valence-corrected chi connectivity index (χ4v) is 3.56. The van der Waals surface area contributed by atoms with E-state index in [9.17, 15) is 14.4 Å². The van der Waals surface area contributed by atoms with Gasteiger partial charge in [0.15, 0.2) is 11.5 Å². The van der Waals surface area contributed by atoms with Gasteiger partial charge in [-0.2, -0.15) is 0 Å². The summed E-state index contributed by atoms with van der Waals surface area (Å²) in [5, 5.41) is -0.525. The molecule has 1 fully saturated rings. The Morgan fingerprint density at radius 3 is 2.54 bits per heavy atom. The van der Waals surface area contributed by atoms with E-state index in [0.29, 0.717) is 17.1 Å². The predicted molar refractivity (Wildman–Crippen MR) is 101 cm³/mol. The van der Waals surface area contributed by atoms with Gasteiger partial charge >= 0.3 is 5.97 Å². The second-order valence-electron chi connectivity index (χ2n) is 5.54. The number of esters is 1. The third-order valence-corrected chi connectivity index (χ3v) is 4.65. The molecule has 1 aromatic carbocycles. The number of methoxy groups -OCH3 is 2. The van der Waals surface area contributed by atoms with Crippen molar-refractivity contribution in [2.24, 2.45) is 0 Å². The Hall–Kier alpha value is -2.00. The van der Waals surface area contributed by atoms with Gasteiger partial charge in [0.25, 0.3) is 11.1 Å². The molecule has 2 rings (SSSR count). The molecule has 0 aromatic heterocycles. The van der Waals surface area contributed by atoms with Crippen LogP contribution in [-0.2, 0) is 14.3 Å². The molecule has 9 heteroatoms. The number of ether oxygens (including phenoxy) is 3. The van der Waals surface area contributed by atoms with Crippen LogP contribution < -0.4 is 9.47 Å². The minimum Gasteiger partial charge on any atom is -0.493 e. The summed E-state index contributed by atoms with van der Waals surface area (Å²) < 4.78 is 16.3. The fraction of sp³-hybridized carbons (Fsp3) is 0.353. The smallest absolute Gasteiger partial charge is 0.326 e. The highest BCUT2D eigenvalue weighted by Gasteiger charge is 2.37. The minimum atomic E-state index is -0.634. The third-order valence-electron chi connectivity index (χ3n) is 3.29. The van der Waals surface area contributed by atoms with Gasteiger partial charge in [-0.3, -0.25) is 19.3 Å². The molecule has 1 aliphatic rings. The van der Waals surface area contributed by atoms with Crippen LogP contribution in [0.2, 0.25) is 0 Å². The molecule has 1 aliphatic heterocycles. The fourth-order valence-electron chi connectivity index (χ4n) is 2.27. The van der Waals surface area contributed by atoms with E-state index >= 15 is 0 Å². The lowest BCUT2D eigenvalue weighted by molar-refractivity contribution is -0.149. The number of nitrogens with zero attached hydrogens (tertiary/aromatic N) is 1. The molecule has 1 aromatic rings. The zero-order valence-electron chi connectivity index (χ0n) is 14.7. The number of hydrogen-bond acceptors (Lipinski definition) is 7. The van der Waals surface area contributed by atoms with Crippen LogP contribution in [0.1, 0.15) is 19.4 Å². The third kappa shape index (κ3) is 4.59. The van der Waals surface area contributed by atoms with Crippen molar-refractivity contribution in [1.82, 2.24) is 4.90 Å². The Morgan fingerprint density at radius 2 is 1.96 bits per heavy atom. The molecule has 0 atom stereocenters. The monoisotopic (exact) mass is 443 g/mol. The zero-order valence-corrected chi connectivity index (χ0v) is 17.1. The molecule has 0 N–H and O–H groups in total. The standard InChI is InChI=1S/C17H18BrNO6S/c1-9(2)25-14(20)8-19-16(21)13(26-17(19)22)6-10-5-11(18)7-12(23-3)15(10)24-4/h5-7,9H,8H2,1-4H3/b13-6+. The number of imide groups is 1. The maximum atomic E-state index is 12.5. The van der Waals surface area contributed by atoms with Crippen LogP contribution in [0.25, 0.3) is 6.08 Å². The number of rotatable bonds is 6. The molecular weight excluding hydrogens is 426 g/mol. The predicted octanol–water partition coefficient (Wildman–Crippen LogP) is 3.45. The normalized spacial score (nSPS) is 15.8. The first-order chi connectivity index (χ1) is 12.3. The van der Waals surface area contributed by atoms with E-state index in [0.717, 1.165) is 21.1 Å². The highest BCUT2D eigenvalue weighted by atomic mass is 79.9. The Bertz CT molecular complexity index is 777. The van der Waals surface area contributed by atoms with Crippen LogP contribution in [0.5, 0.6) is 11.5 Å². The minimum absolute atomic E-state index is 0.186. The highest BCUT2D eigenvalue weighted by molar-refractivity contribution is 9.10. The molecular formula is C17H18BrNO6S. The first-order valence-corrected chi connectivity index (χ1v) is 9.24. The van der Waals surface area contributed by atoms with Crippen molar-refractivity contribution in [3.63, 3.8) is 0 Å². The Labute approximate surface area is 163 Å². The Kier molecular flexibility index (Phi) is 6.71. The lowest BCUT2D eigenvalue weighted by Gasteiger charge is -2.13. The van der Waals surface area contributed by atoms with Gasteiger partial charge < -0.3 is 14.2 Å². The van der Waals surface area contributed by atoms with Gasteiger partial charge in [0.2, 0.25) is 0 Å². The molecule has 0 unspecified atom stereocenters. The molecule has 0 aliphatic carbocycles. The van der Waals surface area contributed by atoms with Gasteiger partial charge in [-0.1, -0.05) is 15.9 Å². The van der Waals surface area contributed by atoms with Crippen molar-refractivity contribution >= 4 is 50.9 Å². The molecule has 0 radical (unpaired) electrons.